The summed E-state index contributed by atoms with van der Waals surface area (Å²) in [6.45, 7) is 3.00. The van der Waals surface area contributed by atoms with Gasteiger partial charge in [-0.1, -0.05) is 6.07 Å². The molecule has 0 spiro atoms. The second-order valence-corrected chi connectivity index (χ2v) is 12.3. The minimum absolute atomic E-state index is 0.000287. The number of amides is 1. The smallest absolute Gasteiger partial charge is 0.416 e. The summed E-state index contributed by atoms with van der Waals surface area (Å²) in [5.74, 6) is -0.572. The Morgan fingerprint density at radius 3 is 2.18 bits per heavy atom. The lowest BCUT2D eigenvalue weighted by Gasteiger charge is -2.36. The fourth-order valence-electron chi connectivity index (χ4n) is 6.18. The van der Waals surface area contributed by atoms with Gasteiger partial charge in [-0.05, 0) is 79.1 Å². The molecule has 2 unspecified atom stereocenters. The van der Waals surface area contributed by atoms with E-state index in [0.717, 1.165) is 4.90 Å². The summed E-state index contributed by atoms with van der Waals surface area (Å²) >= 11 is 0. The van der Waals surface area contributed by atoms with E-state index in [-0.39, 0.29) is 42.8 Å². The van der Waals surface area contributed by atoms with Crippen molar-refractivity contribution in [3.8, 4) is 28.1 Å². The SMILES string of the molecule is COc1ncc(-c2ccc(C(=O)O)cc2C)cc1-c1ccc(N2CC(F)C2)nc1CN1C(=O)OC(c2cc(C(F)(F)F)cc(C(F)(F)F)c2)C1C. The predicted molar refractivity (Wildman–Crippen MR) is 169 cm³/mol. The van der Waals surface area contributed by atoms with Crippen molar-refractivity contribution in [1.82, 2.24) is 14.9 Å². The van der Waals surface area contributed by atoms with Crippen LogP contribution in [0.25, 0.3) is 22.3 Å². The van der Waals surface area contributed by atoms with Crippen molar-refractivity contribution >= 4 is 17.9 Å². The highest BCUT2D eigenvalue weighted by Crippen LogP contribution is 2.42. The maximum absolute atomic E-state index is 13.8. The zero-order valence-corrected chi connectivity index (χ0v) is 27.1. The molecule has 2 aliphatic rings. The maximum atomic E-state index is 13.8. The Kier molecular flexibility index (Phi) is 9.06. The van der Waals surface area contributed by atoms with Gasteiger partial charge >= 0.3 is 24.4 Å². The molecular formula is C35H29F7N4O5. The number of methoxy groups -OCH3 is 1. The van der Waals surface area contributed by atoms with E-state index in [1.807, 2.05) is 0 Å². The number of aromatic nitrogens is 2. The zero-order valence-electron chi connectivity index (χ0n) is 27.1. The molecule has 2 aromatic carbocycles. The van der Waals surface area contributed by atoms with Crippen molar-refractivity contribution in [1.29, 1.82) is 0 Å². The van der Waals surface area contributed by atoms with Crippen LogP contribution in [-0.2, 0) is 23.6 Å². The third kappa shape index (κ3) is 6.99. The van der Waals surface area contributed by atoms with Crippen molar-refractivity contribution in [2.75, 3.05) is 25.1 Å². The van der Waals surface area contributed by atoms with E-state index >= 15 is 0 Å². The van der Waals surface area contributed by atoms with Crippen molar-refractivity contribution in [2.45, 2.75) is 51.1 Å². The summed E-state index contributed by atoms with van der Waals surface area (Å²) in [4.78, 5) is 36.7. The third-order valence-corrected chi connectivity index (χ3v) is 8.89. The number of nitrogens with zero attached hydrogens (tertiary/aromatic N) is 4. The number of alkyl halides is 7. The van der Waals surface area contributed by atoms with Crippen LogP contribution in [0.1, 0.15) is 51.3 Å². The Labute approximate surface area is 286 Å². The van der Waals surface area contributed by atoms with Gasteiger partial charge in [-0.15, -0.1) is 0 Å². The molecule has 0 radical (unpaired) electrons. The first-order valence-corrected chi connectivity index (χ1v) is 15.5. The average Bonchev–Trinajstić information content (AvgIpc) is 3.34. The standard InChI is InChI=1S/C35H29F7N4O5/c1-17-8-19(32(47)48)4-5-25(17)21-11-27(31(50-3)43-13-21)26-6-7-29(45-14-24(36)15-45)44-28(26)16-46-18(2)30(51-33(46)49)20-9-22(34(37,38)39)12-23(10-20)35(40,41)42/h4-13,18,24,30H,14-16H2,1-3H3,(H,47,48). The van der Waals surface area contributed by atoms with Gasteiger partial charge < -0.3 is 19.5 Å². The van der Waals surface area contributed by atoms with E-state index < -0.39 is 59.4 Å². The molecule has 1 N–H and O–H groups in total. The quantitative estimate of drug-likeness (QED) is 0.182. The first kappa shape index (κ1) is 35.4. The number of ether oxygens (including phenoxy) is 2. The molecular weight excluding hydrogens is 689 g/mol. The second-order valence-electron chi connectivity index (χ2n) is 12.3. The fraction of sp³-hybridized carbons (Fsp3) is 0.314. The Morgan fingerprint density at radius 2 is 1.61 bits per heavy atom. The normalized spacial score (nSPS) is 18.1. The molecule has 9 nitrogen and oxygen atoms in total. The summed E-state index contributed by atoms with van der Waals surface area (Å²) < 4.78 is 107. The van der Waals surface area contributed by atoms with Crippen LogP contribution in [0.4, 0.5) is 41.3 Å². The van der Waals surface area contributed by atoms with Crippen molar-refractivity contribution < 1.29 is 54.9 Å². The molecule has 0 aliphatic carbocycles. The van der Waals surface area contributed by atoms with Gasteiger partial charge in [0, 0.05) is 22.9 Å². The minimum Gasteiger partial charge on any atom is -0.481 e. The van der Waals surface area contributed by atoms with E-state index in [1.54, 1.807) is 36.1 Å². The number of pyridine rings is 2. The fourth-order valence-corrected chi connectivity index (χ4v) is 6.18. The number of hydrogen-bond donors (Lipinski definition) is 1. The van der Waals surface area contributed by atoms with Crippen LogP contribution in [0, 0.1) is 6.92 Å². The molecule has 2 fully saturated rings. The highest BCUT2D eigenvalue weighted by Gasteiger charge is 2.44. The van der Waals surface area contributed by atoms with Crippen LogP contribution in [0.5, 0.6) is 5.88 Å². The largest absolute Gasteiger partial charge is 0.481 e. The molecule has 6 rings (SSSR count). The molecule has 268 valence electrons. The summed E-state index contributed by atoms with van der Waals surface area (Å²) in [5.41, 5.74) is -0.555. The number of cyclic esters (lactones) is 1. The van der Waals surface area contributed by atoms with Crippen LogP contribution >= 0.6 is 0 Å². The van der Waals surface area contributed by atoms with Crippen molar-refractivity contribution in [3.05, 3.63) is 94.3 Å². The van der Waals surface area contributed by atoms with E-state index in [4.69, 9.17) is 14.5 Å². The first-order chi connectivity index (χ1) is 23.9. The summed E-state index contributed by atoms with van der Waals surface area (Å²) in [5, 5.41) is 9.40. The number of hydrogen-bond acceptors (Lipinski definition) is 7. The molecule has 2 aliphatic heterocycles. The number of anilines is 1. The summed E-state index contributed by atoms with van der Waals surface area (Å²) in [7, 11) is 1.39. The molecule has 16 heteroatoms. The summed E-state index contributed by atoms with van der Waals surface area (Å²) in [6.07, 6.45) is -12.2. The lowest BCUT2D eigenvalue weighted by Crippen LogP contribution is -2.49. The van der Waals surface area contributed by atoms with Crippen molar-refractivity contribution in [3.63, 3.8) is 0 Å². The molecule has 51 heavy (non-hydrogen) atoms. The highest BCUT2D eigenvalue weighted by atomic mass is 19.4. The second kappa shape index (κ2) is 13.0. The molecule has 0 bridgehead atoms. The Morgan fingerprint density at radius 1 is 0.961 bits per heavy atom. The minimum atomic E-state index is -5.10. The monoisotopic (exact) mass is 718 g/mol. The number of aryl methyl sites for hydroxylation is 1. The van der Waals surface area contributed by atoms with E-state index in [1.165, 1.54) is 32.4 Å². The lowest BCUT2D eigenvalue weighted by molar-refractivity contribution is -0.143. The van der Waals surface area contributed by atoms with Gasteiger partial charge in [0.05, 0.1) is 55.2 Å². The van der Waals surface area contributed by atoms with Crippen LogP contribution in [0.15, 0.2) is 60.8 Å². The Balaban J connectivity index is 1.41. The Hall–Kier alpha value is -5.41. The summed E-state index contributed by atoms with van der Waals surface area (Å²) in [6, 6.07) is 9.62. The van der Waals surface area contributed by atoms with Gasteiger partial charge in [-0.2, -0.15) is 26.3 Å². The first-order valence-electron chi connectivity index (χ1n) is 15.5. The van der Waals surface area contributed by atoms with E-state index in [2.05, 4.69) is 4.98 Å². The van der Waals surface area contributed by atoms with Gasteiger partial charge in [0.1, 0.15) is 18.1 Å². The van der Waals surface area contributed by atoms with Gasteiger partial charge in [-0.25, -0.2) is 23.9 Å². The molecule has 4 aromatic rings. The topological polar surface area (TPSA) is 105 Å². The zero-order chi connectivity index (χ0) is 37.0. The number of benzene rings is 2. The van der Waals surface area contributed by atoms with Gasteiger partial charge in [0.2, 0.25) is 5.88 Å². The average molecular weight is 719 g/mol. The van der Waals surface area contributed by atoms with Crippen LogP contribution in [0.3, 0.4) is 0 Å². The third-order valence-electron chi connectivity index (χ3n) is 8.89. The molecule has 2 atom stereocenters. The number of aromatic carboxylic acids is 1. The van der Waals surface area contributed by atoms with Crippen molar-refractivity contribution in [2.24, 2.45) is 0 Å². The number of carboxylic acid groups (broad SMARTS) is 1. The van der Waals surface area contributed by atoms with Gasteiger partial charge in [-0.3, -0.25) is 4.90 Å². The highest BCUT2D eigenvalue weighted by molar-refractivity contribution is 5.89. The molecule has 2 saturated heterocycles. The number of carboxylic acids is 1. The van der Waals surface area contributed by atoms with E-state index in [0.29, 0.717) is 45.8 Å². The molecule has 2 aromatic heterocycles. The number of halogens is 7. The van der Waals surface area contributed by atoms with E-state index in [9.17, 15) is 45.4 Å². The number of rotatable bonds is 8. The number of carbonyl (C=O) groups excluding carboxylic acids is 1. The van der Waals surface area contributed by atoms with Crippen LogP contribution in [-0.4, -0.2) is 64.4 Å². The molecule has 0 saturated carbocycles. The van der Waals surface area contributed by atoms with Crippen LogP contribution in [0.2, 0.25) is 0 Å². The van der Waals surface area contributed by atoms with Crippen LogP contribution < -0.4 is 9.64 Å². The van der Waals surface area contributed by atoms with Gasteiger partial charge in [0.25, 0.3) is 0 Å². The number of carbonyl (C=O) groups is 2. The lowest BCUT2D eigenvalue weighted by atomic mass is 9.95. The molecule has 1 amide bonds. The predicted octanol–water partition coefficient (Wildman–Crippen LogP) is 8.10. The maximum Gasteiger partial charge on any atom is 0.416 e. The molecule has 4 heterocycles. The van der Waals surface area contributed by atoms with Gasteiger partial charge in [0.15, 0.2) is 0 Å². The Bertz CT molecular complexity index is 1980.